The molecule has 0 atom stereocenters. The Balaban J connectivity index is 1.41. The second-order valence-corrected chi connectivity index (χ2v) is 7.19. The van der Waals surface area contributed by atoms with Crippen LogP contribution in [0.4, 0.5) is 19.0 Å². The maximum atomic E-state index is 12.7. The topological polar surface area (TPSA) is 58.5 Å². The van der Waals surface area contributed by atoms with E-state index in [9.17, 15) is 18.3 Å². The summed E-state index contributed by atoms with van der Waals surface area (Å²) < 4.78 is 43.6. The molecule has 3 aromatic rings. The monoisotopic (exact) mass is 427 g/mol. The molecule has 1 aliphatic rings. The zero-order valence-corrected chi connectivity index (χ0v) is 16.5. The van der Waals surface area contributed by atoms with Gasteiger partial charge in [-0.15, -0.1) is 0 Å². The second-order valence-electron chi connectivity index (χ2n) is 7.19. The maximum absolute atomic E-state index is 12.7. The zero-order chi connectivity index (χ0) is 21.8. The van der Waals surface area contributed by atoms with Gasteiger partial charge in [0.1, 0.15) is 5.75 Å². The summed E-state index contributed by atoms with van der Waals surface area (Å²) in [5.41, 5.74) is 1.38. The van der Waals surface area contributed by atoms with E-state index in [0.717, 1.165) is 43.8 Å². The van der Waals surface area contributed by atoms with Crippen LogP contribution in [-0.4, -0.2) is 28.2 Å². The van der Waals surface area contributed by atoms with Gasteiger partial charge in [0.25, 0.3) is 0 Å². The molecule has 2 aromatic heterocycles. The average molecular weight is 427 g/mol. The molecule has 3 heterocycles. The third-order valence-corrected chi connectivity index (χ3v) is 4.99. The first-order valence-corrected chi connectivity index (χ1v) is 9.78. The van der Waals surface area contributed by atoms with Crippen molar-refractivity contribution in [2.45, 2.75) is 19.0 Å². The Kier molecular flexibility index (Phi) is 5.79. The molecule has 1 aliphatic heterocycles. The third-order valence-electron chi connectivity index (χ3n) is 4.99. The van der Waals surface area contributed by atoms with E-state index in [-0.39, 0.29) is 11.6 Å². The standard InChI is InChI=1S/C23H20F3N3O2/c24-23(25,26)18-6-7-21(28-15-18)31-19-4-1-3-17(14-19)13-16-8-11-29(12-9-16)22-20(30)5-2-10-27-22/h1-7,10,13-15,30H,8-9,11-12H2. The van der Waals surface area contributed by atoms with E-state index in [1.807, 2.05) is 18.2 Å². The largest absolute Gasteiger partial charge is 0.504 e. The fourth-order valence-electron chi connectivity index (χ4n) is 3.41. The highest BCUT2D eigenvalue weighted by atomic mass is 19.4. The number of halogens is 3. The SMILES string of the molecule is Oc1cccnc1N1CCC(=Cc2cccc(Oc3ccc(C(F)(F)F)cn3)c2)CC1. The molecule has 0 unspecified atom stereocenters. The van der Waals surface area contributed by atoms with E-state index in [1.165, 1.54) is 11.6 Å². The first kappa shape index (κ1) is 20.7. The normalized spacial score (nSPS) is 14.4. The summed E-state index contributed by atoms with van der Waals surface area (Å²) in [6, 6.07) is 12.8. The number of rotatable bonds is 4. The number of aromatic hydroxyl groups is 1. The number of hydrogen-bond acceptors (Lipinski definition) is 5. The minimum Gasteiger partial charge on any atom is -0.504 e. The molecule has 8 heteroatoms. The molecular formula is C23H20F3N3O2. The molecule has 31 heavy (non-hydrogen) atoms. The van der Waals surface area contributed by atoms with Gasteiger partial charge in [-0.25, -0.2) is 9.97 Å². The zero-order valence-electron chi connectivity index (χ0n) is 16.5. The predicted molar refractivity (Wildman–Crippen MR) is 111 cm³/mol. The van der Waals surface area contributed by atoms with Crippen molar-refractivity contribution in [2.24, 2.45) is 0 Å². The van der Waals surface area contributed by atoms with Gasteiger partial charge in [-0.05, 0) is 48.7 Å². The van der Waals surface area contributed by atoms with E-state index >= 15 is 0 Å². The van der Waals surface area contributed by atoms with Crippen LogP contribution in [0.25, 0.3) is 6.08 Å². The summed E-state index contributed by atoms with van der Waals surface area (Å²) in [6.45, 7) is 1.50. The summed E-state index contributed by atoms with van der Waals surface area (Å²) in [7, 11) is 0. The maximum Gasteiger partial charge on any atom is 0.417 e. The van der Waals surface area contributed by atoms with Gasteiger partial charge in [0.2, 0.25) is 5.88 Å². The van der Waals surface area contributed by atoms with Crippen molar-refractivity contribution in [3.63, 3.8) is 0 Å². The lowest BCUT2D eigenvalue weighted by Gasteiger charge is -2.29. The number of aromatic nitrogens is 2. The summed E-state index contributed by atoms with van der Waals surface area (Å²) in [5, 5.41) is 9.98. The molecule has 1 saturated heterocycles. The van der Waals surface area contributed by atoms with Gasteiger partial charge in [0.05, 0.1) is 5.56 Å². The van der Waals surface area contributed by atoms with Crippen molar-refractivity contribution in [2.75, 3.05) is 18.0 Å². The van der Waals surface area contributed by atoms with E-state index in [1.54, 1.807) is 24.4 Å². The smallest absolute Gasteiger partial charge is 0.417 e. The Morgan fingerprint density at radius 1 is 1.00 bits per heavy atom. The molecule has 4 rings (SSSR count). The Hall–Kier alpha value is -3.55. The van der Waals surface area contributed by atoms with Crippen LogP contribution in [0.2, 0.25) is 0 Å². The number of nitrogens with zero attached hydrogens (tertiary/aromatic N) is 3. The lowest BCUT2D eigenvalue weighted by atomic mass is 10.0. The summed E-state index contributed by atoms with van der Waals surface area (Å²) in [5.74, 6) is 1.37. The number of anilines is 1. The fourth-order valence-corrected chi connectivity index (χ4v) is 3.41. The molecule has 0 spiro atoms. The highest BCUT2D eigenvalue weighted by Gasteiger charge is 2.30. The van der Waals surface area contributed by atoms with Crippen molar-refractivity contribution in [3.05, 3.63) is 77.6 Å². The van der Waals surface area contributed by atoms with Crippen LogP contribution in [0, 0.1) is 0 Å². The number of pyridine rings is 2. The molecule has 1 fully saturated rings. The highest BCUT2D eigenvalue weighted by Crippen LogP contribution is 2.31. The molecular weight excluding hydrogens is 407 g/mol. The van der Waals surface area contributed by atoms with Crippen molar-refractivity contribution in [3.8, 4) is 17.4 Å². The lowest BCUT2D eigenvalue weighted by molar-refractivity contribution is -0.137. The minimum atomic E-state index is -4.43. The summed E-state index contributed by atoms with van der Waals surface area (Å²) >= 11 is 0. The van der Waals surface area contributed by atoms with Gasteiger partial charge in [0, 0.05) is 31.5 Å². The Labute approximate surface area is 177 Å². The summed E-state index contributed by atoms with van der Waals surface area (Å²) in [6.07, 6.45) is 1.75. The lowest BCUT2D eigenvalue weighted by Crippen LogP contribution is -2.31. The molecule has 0 aliphatic carbocycles. The van der Waals surface area contributed by atoms with Crippen molar-refractivity contribution in [1.29, 1.82) is 0 Å². The van der Waals surface area contributed by atoms with Crippen LogP contribution in [0.3, 0.4) is 0 Å². The second kappa shape index (κ2) is 8.67. The third kappa shape index (κ3) is 5.14. The number of piperidine rings is 1. The van der Waals surface area contributed by atoms with Crippen LogP contribution in [0.5, 0.6) is 17.4 Å². The first-order chi connectivity index (χ1) is 14.9. The average Bonchev–Trinajstić information content (AvgIpc) is 2.75. The number of alkyl halides is 3. The van der Waals surface area contributed by atoms with E-state index in [0.29, 0.717) is 11.6 Å². The first-order valence-electron chi connectivity index (χ1n) is 9.78. The molecule has 0 saturated carbocycles. The Bertz CT molecular complexity index is 1070. The van der Waals surface area contributed by atoms with Gasteiger partial charge in [-0.2, -0.15) is 13.2 Å². The number of ether oxygens (including phenoxy) is 1. The summed E-state index contributed by atoms with van der Waals surface area (Å²) in [4.78, 5) is 10.1. The van der Waals surface area contributed by atoms with Gasteiger partial charge in [-0.1, -0.05) is 23.8 Å². The van der Waals surface area contributed by atoms with Crippen molar-refractivity contribution < 1.29 is 23.0 Å². The Morgan fingerprint density at radius 2 is 1.81 bits per heavy atom. The van der Waals surface area contributed by atoms with Gasteiger partial charge < -0.3 is 14.7 Å². The van der Waals surface area contributed by atoms with Crippen LogP contribution in [0.1, 0.15) is 24.0 Å². The van der Waals surface area contributed by atoms with Crippen LogP contribution >= 0.6 is 0 Å². The number of benzene rings is 1. The van der Waals surface area contributed by atoms with Crippen molar-refractivity contribution in [1.82, 2.24) is 9.97 Å². The predicted octanol–water partition coefficient (Wildman–Crippen LogP) is 5.68. The van der Waals surface area contributed by atoms with Gasteiger partial charge >= 0.3 is 6.18 Å². The molecule has 1 N–H and O–H groups in total. The van der Waals surface area contributed by atoms with E-state index < -0.39 is 11.7 Å². The fraction of sp³-hybridized carbons (Fsp3) is 0.217. The number of hydrogen-bond donors (Lipinski definition) is 1. The van der Waals surface area contributed by atoms with Crippen LogP contribution in [0.15, 0.2) is 66.5 Å². The molecule has 5 nitrogen and oxygen atoms in total. The van der Waals surface area contributed by atoms with E-state index in [4.69, 9.17) is 4.74 Å². The molecule has 0 bridgehead atoms. The van der Waals surface area contributed by atoms with Gasteiger partial charge in [0.15, 0.2) is 11.6 Å². The van der Waals surface area contributed by atoms with E-state index in [2.05, 4.69) is 20.9 Å². The Morgan fingerprint density at radius 3 is 2.48 bits per heavy atom. The van der Waals surface area contributed by atoms with Crippen LogP contribution < -0.4 is 9.64 Å². The van der Waals surface area contributed by atoms with Crippen LogP contribution in [-0.2, 0) is 6.18 Å². The quantitative estimate of drug-likeness (QED) is 0.581. The molecule has 160 valence electrons. The molecule has 0 amide bonds. The molecule has 0 radical (unpaired) electrons. The minimum absolute atomic E-state index is 0.0984. The van der Waals surface area contributed by atoms with Crippen molar-refractivity contribution >= 4 is 11.9 Å². The molecule has 1 aromatic carbocycles. The van der Waals surface area contributed by atoms with Gasteiger partial charge in [-0.3, -0.25) is 0 Å². The highest BCUT2D eigenvalue weighted by molar-refractivity contribution is 5.57.